The standard InChI is InChI=1S/C9H14N2O4/c1-3-15-9(14)8(13)7(12)6-4-10-11-5(6)2/h4,7-8,12-13H,3H2,1-2H3,(H,10,11). The van der Waals surface area contributed by atoms with Gasteiger partial charge >= 0.3 is 5.97 Å². The van der Waals surface area contributed by atoms with E-state index in [1.165, 1.54) is 6.20 Å². The van der Waals surface area contributed by atoms with Crippen LogP contribution in [-0.4, -0.2) is 39.1 Å². The van der Waals surface area contributed by atoms with Crippen LogP contribution in [0.1, 0.15) is 24.3 Å². The molecule has 0 aliphatic heterocycles. The van der Waals surface area contributed by atoms with E-state index in [2.05, 4.69) is 14.9 Å². The second kappa shape index (κ2) is 4.90. The number of aromatic amines is 1. The molecule has 1 aromatic heterocycles. The molecule has 0 radical (unpaired) electrons. The van der Waals surface area contributed by atoms with Crippen molar-refractivity contribution in [3.63, 3.8) is 0 Å². The molecule has 0 bridgehead atoms. The molecule has 0 aromatic carbocycles. The number of aliphatic hydroxyl groups excluding tert-OH is 2. The van der Waals surface area contributed by atoms with Crippen LogP contribution in [0.4, 0.5) is 0 Å². The molecule has 0 aliphatic carbocycles. The highest BCUT2D eigenvalue weighted by Gasteiger charge is 2.28. The third-order valence-corrected chi connectivity index (χ3v) is 2.01. The number of rotatable bonds is 4. The van der Waals surface area contributed by atoms with Gasteiger partial charge in [0, 0.05) is 11.3 Å². The molecule has 15 heavy (non-hydrogen) atoms. The van der Waals surface area contributed by atoms with E-state index in [1.54, 1.807) is 13.8 Å². The Hall–Kier alpha value is -1.40. The number of hydrogen-bond acceptors (Lipinski definition) is 5. The van der Waals surface area contributed by atoms with E-state index >= 15 is 0 Å². The van der Waals surface area contributed by atoms with Crippen molar-refractivity contribution in [3.05, 3.63) is 17.5 Å². The van der Waals surface area contributed by atoms with E-state index in [0.29, 0.717) is 11.3 Å². The first-order valence-electron chi connectivity index (χ1n) is 4.60. The van der Waals surface area contributed by atoms with Crippen molar-refractivity contribution in [2.24, 2.45) is 0 Å². The van der Waals surface area contributed by atoms with Gasteiger partial charge in [-0.15, -0.1) is 0 Å². The van der Waals surface area contributed by atoms with Crippen molar-refractivity contribution in [1.29, 1.82) is 0 Å². The van der Waals surface area contributed by atoms with Crippen LogP contribution in [0.5, 0.6) is 0 Å². The minimum absolute atomic E-state index is 0.160. The van der Waals surface area contributed by atoms with E-state index in [4.69, 9.17) is 0 Å². The predicted octanol–water partition coefficient (Wildman–Crippen LogP) is -0.324. The minimum atomic E-state index is -1.58. The zero-order valence-corrected chi connectivity index (χ0v) is 8.60. The van der Waals surface area contributed by atoms with Crippen LogP contribution in [0, 0.1) is 6.92 Å². The van der Waals surface area contributed by atoms with Crippen LogP contribution in [0.25, 0.3) is 0 Å². The van der Waals surface area contributed by atoms with Crippen LogP contribution in [0.15, 0.2) is 6.20 Å². The normalized spacial score (nSPS) is 14.7. The number of hydrogen-bond donors (Lipinski definition) is 3. The Labute approximate surface area is 86.9 Å². The van der Waals surface area contributed by atoms with E-state index in [-0.39, 0.29) is 6.61 Å². The van der Waals surface area contributed by atoms with Gasteiger partial charge < -0.3 is 14.9 Å². The SMILES string of the molecule is CCOC(=O)C(O)C(O)c1cn[nH]c1C. The number of aliphatic hydroxyl groups is 2. The summed E-state index contributed by atoms with van der Waals surface area (Å²) in [6.45, 7) is 3.47. The lowest BCUT2D eigenvalue weighted by Gasteiger charge is -2.15. The third kappa shape index (κ3) is 2.54. The number of aromatic nitrogens is 2. The highest BCUT2D eigenvalue weighted by Crippen LogP contribution is 2.19. The number of nitrogens with zero attached hydrogens (tertiary/aromatic N) is 1. The predicted molar refractivity (Wildman–Crippen MR) is 50.9 cm³/mol. The van der Waals surface area contributed by atoms with Crippen molar-refractivity contribution in [1.82, 2.24) is 10.2 Å². The number of nitrogens with one attached hydrogen (secondary N) is 1. The van der Waals surface area contributed by atoms with Gasteiger partial charge in [-0.3, -0.25) is 5.10 Å². The topological polar surface area (TPSA) is 95.4 Å². The Morgan fingerprint density at radius 3 is 2.80 bits per heavy atom. The first kappa shape index (κ1) is 11.7. The summed E-state index contributed by atoms with van der Waals surface area (Å²) >= 11 is 0. The fourth-order valence-corrected chi connectivity index (χ4v) is 1.18. The molecule has 1 aromatic rings. The van der Waals surface area contributed by atoms with Gasteiger partial charge in [-0.1, -0.05) is 0 Å². The molecule has 0 saturated heterocycles. The van der Waals surface area contributed by atoms with Gasteiger partial charge in [0.15, 0.2) is 6.10 Å². The number of carbonyl (C=O) groups excluding carboxylic acids is 1. The summed E-state index contributed by atoms with van der Waals surface area (Å²) in [5.74, 6) is -0.842. The van der Waals surface area contributed by atoms with Gasteiger partial charge in [0.05, 0.1) is 12.8 Å². The Kier molecular flexibility index (Phi) is 3.81. The molecule has 0 fully saturated rings. The van der Waals surface area contributed by atoms with Gasteiger partial charge in [0.25, 0.3) is 0 Å². The van der Waals surface area contributed by atoms with Gasteiger partial charge in [0.2, 0.25) is 0 Å². The van der Waals surface area contributed by atoms with Crippen molar-refractivity contribution in [2.75, 3.05) is 6.61 Å². The van der Waals surface area contributed by atoms with Gasteiger partial charge in [-0.25, -0.2) is 4.79 Å². The molecule has 84 valence electrons. The molecular weight excluding hydrogens is 200 g/mol. The molecule has 0 amide bonds. The first-order chi connectivity index (χ1) is 7.07. The Balaban J connectivity index is 2.72. The molecular formula is C9H14N2O4. The van der Waals surface area contributed by atoms with Crippen molar-refractivity contribution in [2.45, 2.75) is 26.1 Å². The average molecular weight is 214 g/mol. The molecule has 0 saturated carbocycles. The van der Waals surface area contributed by atoms with Crippen LogP contribution in [-0.2, 0) is 9.53 Å². The maximum absolute atomic E-state index is 11.1. The number of H-pyrrole nitrogens is 1. The van der Waals surface area contributed by atoms with Crippen LogP contribution in [0.3, 0.4) is 0 Å². The fourth-order valence-electron chi connectivity index (χ4n) is 1.18. The number of aryl methyl sites for hydroxylation is 1. The second-order valence-corrected chi connectivity index (χ2v) is 3.09. The average Bonchev–Trinajstić information content (AvgIpc) is 2.62. The highest BCUT2D eigenvalue weighted by molar-refractivity contribution is 5.75. The lowest BCUT2D eigenvalue weighted by molar-refractivity contribution is -0.159. The Morgan fingerprint density at radius 2 is 2.33 bits per heavy atom. The zero-order valence-electron chi connectivity index (χ0n) is 8.60. The van der Waals surface area contributed by atoms with Crippen LogP contribution in [0.2, 0.25) is 0 Å². The van der Waals surface area contributed by atoms with Gasteiger partial charge in [-0.2, -0.15) is 5.10 Å². The Bertz CT molecular complexity index is 337. The van der Waals surface area contributed by atoms with E-state index in [9.17, 15) is 15.0 Å². The summed E-state index contributed by atoms with van der Waals surface area (Å²) in [6.07, 6.45) is -1.54. The molecule has 0 spiro atoms. The third-order valence-electron chi connectivity index (χ3n) is 2.01. The molecule has 6 heteroatoms. The first-order valence-corrected chi connectivity index (χ1v) is 4.60. The molecule has 0 aliphatic rings. The fraction of sp³-hybridized carbons (Fsp3) is 0.556. The lowest BCUT2D eigenvalue weighted by atomic mass is 10.1. The summed E-state index contributed by atoms with van der Waals surface area (Å²) < 4.78 is 4.58. The lowest BCUT2D eigenvalue weighted by Crippen LogP contribution is -2.30. The summed E-state index contributed by atoms with van der Waals surface area (Å²) in [6, 6.07) is 0. The highest BCUT2D eigenvalue weighted by atomic mass is 16.5. The molecule has 2 unspecified atom stereocenters. The number of carbonyl (C=O) groups is 1. The minimum Gasteiger partial charge on any atom is -0.464 e. The van der Waals surface area contributed by atoms with Gasteiger partial charge in [-0.05, 0) is 13.8 Å². The van der Waals surface area contributed by atoms with E-state index in [1.807, 2.05) is 0 Å². The summed E-state index contributed by atoms with van der Waals surface area (Å²) in [5.41, 5.74) is 0.987. The maximum Gasteiger partial charge on any atom is 0.338 e. The summed E-state index contributed by atoms with van der Waals surface area (Å²) in [5, 5.41) is 25.4. The molecule has 1 heterocycles. The van der Waals surface area contributed by atoms with Crippen LogP contribution >= 0.6 is 0 Å². The molecule has 6 nitrogen and oxygen atoms in total. The second-order valence-electron chi connectivity index (χ2n) is 3.09. The van der Waals surface area contributed by atoms with Crippen molar-refractivity contribution in [3.8, 4) is 0 Å². The smallest absolute Gasteiger partial charge is 0.338 e. The number of ether oxygens (including phenoxy) is 1. The monoisotopic (exact) mass is 214 g/mol. The van der Waals surface area contributed by atoms with Gasteiger partial charge in [0.1, 0.15) is 6.10 Å². The largest absolute Gasteiger partial charge is 0.464 e. The molecule has 2 atom stereocenters. The maximum atomic E-state index is 11.1. The quantitative estimate of drug-likeness (QED) is 0.597. The van der Waals surface area contributed by atoms with Crippen molar-refractivity contribution >= 4 is 5.97 Å². The summed E-state index contributed by atoms with van der Waals surface area (Å²) in [4.78, 5) is 11.1. The zero-order chi connectivity index (χ0) is 11.4. The van der Waals surface area contributed by atoms with Crippen molar-refractivity contribution < 1.29 is 19.7 Å². The number of esters is 1. The van der Waals surface area contributed by atoms with E-state index in [0.717, 1.165) is 0 Å². The van der Waals surface area contributed by atoms with E-state index < -0.39 is 18.2 Å². The molecule has 3 N–H and O–H groups in total. The summed E-state index contributed by atoms with van der Waals surface area (Å²) in [7, 11) is 0. The Morgan fingerprint density at radius 1 is 1.67 bits per heavy atom. The van der Waals surface area contributed by atoms with Crippen LogP contribution < -0.4 is 0 Å². The molecule has 1 rings (SSSR count).